The fourth-order valence-electron chi connectivity index (χ4n) is 3.04. The smallest absolute Gasteiger partial charge is 0.245 e. The number of rotatable bonds is 6. The van der Waals surface area contributed by atoms with E-state index in [9.17, 15) is 8.42 Å². The average Bonchev–Trinajstić information content (AvgIpc) is 3.05. The van der Waals surface area contributed by atoms with E-state index in [1.165, 1.54) is 0 Å². The van der Waals surface area contributed by atoms with Crippen molar-refractivity contribution >= 4 is 21.4 Å². The predicted octanol–water partition coefficient (Wildman–Crippen LogP) is 2.23. The monoisotopic (exact) mass is 379 g/mol. The first-order chi connectivity index (χ1) is 12.4. The maximum atomic E-state index is 12.9. The zero-order chi connectivity index (χ0) is 18.7. The fraction of sp³-hybridized carbons (Fsp3) is 0.529. The summed E-state index contributed by atoms with van der Waals surface area (Å²) in [5.41, 5.74) is 1.60. The Balaban J connectivity index is 1.87. The summed E-state index contributed by atoms with van der Waals surface area (Å²) in [6.45, 7) is 3.25. The van der Waals surface area contributed by atoms with Crippen molar-refractivity contribution in [3.05, 3.63) is 29.9 Å². The molecule has 0 bridgehead atoms. The van der Waals surface area contributed by atoms with Crippen molar-refractivity contribution < 1.29 is 12.9 Å². The van der Waals surface area contributed by atoms with Crippen LogP contribution in [0.25, 0.3) is 0 Å². The second kappa shape index (κ2) is 7.63. The van der Waals surface area contributed by atoms with Crippen LogP contribution in [0, 0.1) is 6.92 Å². The van der Waals surface area contributed by atoms with Gasteiger partial charge in [-0.25, -0.2) is 8.42 Å². The molecule has 1 N–H and O–H groups in total. The van der Waals surface area contributed by atoms with E-state index in [-0.39, 0.29) is 0 Å². The van der Waals surface area contributed by atoms with Crippen LogP contribution >= 0.6 is 0 Å². The molecule has 3 rings (SSSR count). The lowest BCUT2D eigenvalue weighted by Crippen LogP contribution is -2.35. The van der Waals surface area contributed by atoms with Crippen molar-refractivity contribution in [2.45, 2.75) is 37.6 Å². The van der Waals surface area contributed by atoms with Gasteiger partial charge in [0.1, 0.15) is 0 Å². The van der Waals surface area contributed by atoms with Gasteiger partial charge in [-0.1, -0.05) is 11.6 Å². The number of benzene rings is 1. The second-order valence-corrected chi connectivity index (χ2v) is 8.56. The number of hydrogen-bond acceptors (Lipinski definition) is 7. The molecule has 0 unspecified atom stereocenters. The molecule has 1 saturated heterocycles. The molecule has 1 aromatic carbocycles. The van der Waals surface area contributed by atoms with E-state index in [2.05, 4.69) is 15.5 Å². The average molecular weight is 379 g/mol. The first kappa shape index (κ1) is 18.7. The molecule has 1 aliphatic rings. The third kappa shape index (κ3) is 3.99. The standard InChI is InChI=1S/C17H25N5O3S/c1-13-19-17(25-20-13)12-18-15-11-14(7-8-16(15)21(2)3)26(23,24)22-9-5-4-6-10-22/h7-8,11,18H,4-6,9-10,12H2,1-3H3. The first-order valence-electron chi connectivity index (χ1n) is 8.72. The van der Waals surface area contributed by atoms with E-state index in [0.29, 0.717) is 41.9 Å². The highest BCUT2D eigenvalue weighted by atomic mass is 32.2. The third-order valence-corrected chi connectivity index (χ3v) is 6.30. The second-order valence-electron chi connectivity index (χ2n) is 6.63. The Kier molecular flexibility index (Phi) is 5.47. The number of nitrogens with one attached hydrogen (secondary N) is 1. The molecule has 0 atom stereocenters. The van der Waals surface area contributed by atoms with Crippen LogP contribution in [0.4, 0.5) is 11.4 Å². The summed E-state index contributed by atoms with van der Waals surface area (Å²) in [5.74, 6) is 1.02. The van der Waals surface area contributed by atoms with Crippen LogP contribution in [0.3, 0.4) is 0 Å². The predicted molar refractivity (Wildman–Crippen MR) is 99.7 cm³/mol. The number of nitrogens with zero attached hydrogens (tertiary/aromatic N) is 4. The molecule has 0 saturated carbocycles. The summed E-state index contributed by atoms with van der Waals surface area (Å²) < 4.78 is 32.6. The van der Waals surface area contributed by atoms with Gasteiger partial charge in [-0.3, -0.25) is 0 Å². The number of anilines is 2. The maximum Gasteiger partial charge on any atom is 0.245 e. The highest BCUT2D eigenvalue weighted by Gasteiger charge is 2.26. The van der Waals surface area contributed by atoms with Crippen LogP contribution in [0.5, 0.6) is 0 Å². The molecule has 2 aromatic rings. The summed E-state index contributed by atoms with van der Waals surface area (Å²) in [6, 6.07) is 5.17. The number of piperidine rings is 1. The zero-order valence-corrected chi connectivity index (χ0v) is 16.2. The molecule has 1 aromatic heterocycles. The van der Waals surface area contributed by atoms with Crippen molar-refractivity contribution in [1.29, 1.82) is 0 Å². The Morgan fingerprint density at radius 1 is 1.23 bits per heavy atom. The van der Waals surface area contributed by atoms with E-state index < -0.39 is 10.0 Å². The zero-order valence-electron chi connectivity index (χ0n) is 15.4. The fourth-order valence-corrected chi connectivity index (χ4v) is 4.59. The van der Waals surface area contributed by atoms with Crippen molar-refractivity contribution in [1.82, 2.24) is 14.4 Å². The lowest BCUT2D eigenvalue weighted by atomic mass is 10.2. The van der Waals surface area contributed by atoms with Gasteiger partial charge < -0.3 is 14.7 Å². The molecule has 26 heavy (non-hydrogen) atoms. The molecule has 1 aliphatic heterocycles. The first-order valence-corrected chi connectivity index (χ1v) is 10.2. The van der Waals surface area contributed by atoms with Crippen LogP contribution in [-0.4, -0.2) is 50.0 Å². The van der Waals surface area contributed by atoms with Gasteiger partial charge in [-0.15, -0.1) is 0 Å². The Bertz CT molecular complexity index is 857. The maximum absolute atomic E-state index is 12.9. The van der Waals surface area contributed by atoms with E-state index in [0.717, 1.165) is 24.9 Å². The highest BCUT2D eigenvalue weighted by molar-refractivity contribution is 7.89. The molecule has 0 radical (unpaired) electrons. The quantitative estimate of drug-likeness (QED) is 0.823. The van der Waals surface area contributed by atoms with E-state index >= 15 is 0 Å². The lowest BCUT2D eigenvalue weighted by Gasteiger charge is -2.26. The van der Waals surface area contributed by atoms with Gasteiger partial charge in [0.2, 0.25) is 15.9 Å². The minimum atomic E-state index is -3.48. The molecule has 2 heterocycles. The largest absolute Gasteiger partial charge is 0.376 e. The van der Waals surface area contributed by atoms with E-state index in [1.54, 1.807) is 23.4 Å². The van der Waals surface area contributed by atoms with Gasteiger partial charge in [0, 0.05) is 27.2 Å². The van der Waals surface area contributed by atoms with Crippen molar-refractivity contribution in [3.8, 4) is 0 Å². The van der Waals surface area contributed by atoms with E-state index in [1.807, 2.05) is 25.1 Å². The van der Waals surface area contributed by atoms with Crippen LogP contribution in [0.1, 0.15) is 31.0 Å². The number of aromatic nitrogens is 2. The summed E-state index contributed by atoms with van der Waals surface area (Å²) >= 11 is 0. The van der Waals surface area contributed by atoms with Gasteiger partial charge in [0.15, 0.2) is 5.82 Å². The Morgan fingerprint density at radius 2 is 1.96 bits per heavy atom. The van der Waals surface area contributed by atoms with Crippen LogP contribution < -0.4 is 10.2 Å². The minimum Gasteiger partial charge on any atom is -0.376 e. The molecular formula is C17H25N5O3S. The van der Waals surface area contributed by atoms with Crippen LogP contribution in [-0.2, 0) is 16.6 Å². The minimum absolute atomic E-state index is 0.300. The summed E-state index contributed by atoms with van der Waals surface area (Å²) in [6.07, 6.45) is 2.91. The topological polar surface area (TPSA) is 91.6 Å². The van der Waals surface area contributed by atoms with Crippen LogP contribution in [0.15, 0.2) is 27.6 Å². The summed E-state index contributed by atoms with van der Waals surface area (Å²) in [7, 11) is 0.343. The van der Waals surface area contributed by atoms with Gasteiger partial charge >= 0.3 is 0 Å². The summed E-state index contributed by atoms with van der Waals surface area (Å²) in [4.78, 5) is 6.39. The molecule has 0 amide bonds. The van der Waals surface area contributed by atoms with Gasteiger partial charge in [-0.05, 0) is 38.0 Å². The molecule has 142 valence electrons. The molecule has 0 spiro atoms. The van der Waals surface area contributed by atoms with E-state index in [4.69, 9.17) is 4.52 Å². The normalized spacial score (nSPS) is 15.8. The van der Waals surface area contributed by atoms with Gasteiger partial charge in [0.05, 0.1) is 22.8 Å². The van der Waals surface area contributed by atoms with Crippen molar-refractivity contribution in [3.63, 3.8) is 0 Å². The molecule has 0 aliphatic carbocycles. The molecule has 8 nitrogen and oxygen atoms in total. The number of sulfonamides is 1. The van der Waals surface area contributed by atoms with Crippen molar-refractivity contribution in [2.24, 2.45) is 0 Å². The molecule has 9 heteroatoms. The number of hydrogen-bond donors (Lipinski definition) is 1. The number of aryl methyl sites for hydroxylation is 1. The van der Waals surface area contributed by atoms with Crippen molar-refractivity contribution in [2.75, 3.05) is 37.4 Å². The third-order valence-electron chi connectivity index (χ3n) is 4.40. The van der Waals surface area contributed by atoms with Gasteiger partial charge in [0.25, 0.3) is 0 Å². The molecular weight excluding hydrogens is 354 g/mol. The SMILES string of the molecule is Cc1noc(CNc2cc(S(=O)(=O)N3CCCCC3)ccc2N(C)C)n1. The lowest BCUT2D eigenvalue weighted by molar-refractivity contribution is 0.346. The Labute approximate surface area is 154 Å². The van der Waals surface area contributed by atoms with Crippen LogP contribution in [0.2, 0.25) is 0 Å². The highest BCUT2D eigenvalue weighted by Crippen LogP contribution is 2.30. The Morgan fingerprint density at radius 3 is 2.58 bits per heavy atom. The van der Waals surface area contributed by atoms with Gasteiger partial charge in [-0.2, -0.15) is 9.29 Å². The Hall–Kier alpha value is -2.13. The summed E-state index contributed by atoms with van der Waals surface area (Å²) in [5, 5.41) is 6.98. The molecule has 1 fully saturated rings.